The van der Waals surface area contributed by atoms with Crippen molar-refractivity contribution in [3.63, 3.8) is 0 Å². The number of carbonyl (C=O) groups excluding carboxylic acids is 1. The summed E-state index contributed by atoms with van der Waals surface area (Å²) in [7, 11) is 0. The molecule has 154 valence electrons. The summed E-state index contributed by atoms with van der Waals surface area (Å²) in [6, 6.07) is 0. The Morgan fingerprint density at radius 1 is 1.25 bits per heavy atom. The normalized spacial score (nSPS) is 20.1. The average Bonchev–Trinajstić information content (AvgIpc) is 3.04. The largest absolute Gasteiger partial charge is 0.465 e. The van der Waals surface area contributed by atoms with Crippen LogP contribution in [0.15, 0.2) is 35.0 Å². The summed E-state index contributed by atoms with van der Waals surface area (Å²) < 4.78 is 46.5. The van der Waals surface area contributed by atoms with Crippen LogP contribution >= 0.6 is 11.8 Å². The number of hydrogen-bond donors (Lipinski definition) is 0. The van der Waals surface area contributed by atoms with Crippen LogP contribution in [0.25, 0.3) is 5.70 Å². The van der Waals surface area contributed by atoms with Crippen LogP contribution in [0.1, 0.15) is 51.8 Å². The van der Waals surface area contributed by atoms with Crippen molar-refractivity contribution in [3.05, 3.63) is 35.7 Å². The molecule has 1 aromatic heterocycles. The van der Waals surface area contributed by atoms with E-state index in [0.29, 0.717) is 17.7 Å². The van der Waals surface area contributed by atoms with E-state index in [2.05, 4.69) is 16.8 Å². The molecule has 1 heterocycles. The number of allylic oxidation sites excluding steroid dienone is 5. The highest BCUT2D eigenvalue weighted by molar-refractivity contribution is 7.99. The molecule has 0 bridgehead atoms. The summed E-state index contributed by atoms with van der Waals surface area (Å²) in [6.45, 7) is 7.81. The molecule has 28 heavy (non-hydrogen) atoms. The van der Waals surface area contributed by atoms with Gasteiger partial charge in [0.15, 0.2) is 5.16 Å². The lowest BCUT2D eigenvalue weighted by molar-refractivity contribution is -0.146. The van der Waals surface area contributed by atoms with Crippen molar-refractivity contribution in [1.82, 2.24) is 14.8 Å². The maximum atomic E-state index is 13.6. The van der Waals surface area contributed by atoms with Crippen molar-refractivity contribution >= 4 is 23.4 Å². The SMILES string of the molecule is C=C1CCCCC/C(C)=C\C=C/1n1c(SCC(=O)OCC)nnc1C(F)(F)F. The molecule has 5 nitrogen and oxygen atoms in total. The Bertz CT molecular complexity index is 782. The van der Waals surface area contributed by atoms with Gasteiger partial charge in [0.2, 0.25) is 5.82 Å². The number of thioether (sulfide) groups is 1. The summed E-state index contributed by atoms with van der Waals surface area (Å²) in [6.07, 6.45) is 3.10. The molecule has 0 fully saturated rings. The molecule has 0 N–H and O–H groups in total. The number of halogens is 3. The number of rotatable bonds is 5. The van der Waals surface area contributed by atoms with Crippen LogP contribution in [0, 0.1) is 0 Å². The highest BCUT2D eigenvalue weighted by atomic mass is 32.2. The minimum absolute atomic E-state index is 0.0177. The Hall–Kier alpha value is -2.03. The fourth-order valence-corrected chi connectivity index (χ4v) is 3.54. The third-order valence-corrected chi connectivity index (χ3v) is 5.09. The van der Waals surface area contributed by atoms with Crippen molar-refractivity contribution < 1.29 is 22.7 Å². The Labute approximate surface area is 166 Å². The molecule has 0 saturated heterocycles. The number of aromatic nitrogens is 3. The number of hydrogen-bond acceptors (Lipinski definition) is 5. The smallest absolute Gasteiger partial charge is 0.452 e. The lowest BCUT2D eigenvalue weighted by atomic mass is 10.00. The van der Waals surface area contributed by atoms with Gasteiger partial charge in [-0.15, -0.1) is 10.2 Å². The van der Waals surface area contributed by atoms with Crippen molar-refractivity contribution in [2.45, 2.75) is 57.3 Å². The van der Waals surface area contributed by atoms with Gasteiger partial charge in [0.05, 0.1) is 18.1 Å². The number of nitrogens with zero attached hydrogens (tertiary/aromatic N) is 3. The quantitative estimate of drug-likeness (QED) is 0.485. The van der Waals surface area contributed by atoms with Crippen LogP contribution in [0.2, 0.25) is 0 Å². The Balaban J connectivity index is 2.49. The van der Waals surface area contributed by atoms with E-state index in [1.54, 1.807) is 13.0 Å². The first-order valence-corrected chi connectivity index (χ1v) is 10.1. The molecule has 0 aromatic carbocycles. The van der Waals surface area contributed by atoms with Gasteiger partial charge < -0.3 is 4.74 Å². The molecular weight excluding hydrogens is 391 g/mol. The second-order valence-electron chi connectivity index (χ2n) is 6.46. The molecule has 1 aliphatic carbocycles. The molecule has 0 atom stereocenters. The first-order valence-electron chi connectivity index (χ1n) is 9.11. The summed E-state index contributed by atoms with van der Waals surface area (Å²) >= 11 is 0.862. The third kappa shape index (κ3) is 5.98. The van der Waals surface area contributed by atoms with Crippen molar-refractivity contribution in [2.24, 2.45) is 0 Å². The molecule has 1 aromatic rings. The fourth-order valence-electron chi connectivity index (χ4n) is 2.79. The molecule has 9 heteroatoms. The van der Waals surface area contributed by atoms with Crippen LogP contribution in [-0.2, 0) is 15.7 Å². The molecule has 0 radical (unpaired) electrons. The molecule has 0 aliphatic heterocycles. The number of carbonyl (C=O) groups is 1. The summed E-state index contributed by atoms with van der Waals surface area (Å²) in [5.41, 5.74) is 1.95. The Morgan fingerprint density at radius 3 is 2.64 bits per heavy atom. The van der Waals surface area contributed by atoms with Gasteiger partial charge in [-0.3, -0.25) is 9.36 Å². The van der Waals surface area contributed by atoms with Crippen molar-refractivity contribution in [3.8, 4) is 0 Å². The number of alkyl halides is 3. The third-order valence-electron chi connectivity index (χ3n) is 4.19. The molecule has 0 unspecified atom stereocenters. The van der Waals surface area contributed by atoms with Gasteiger partial charge in [-0.25, -0.2) is 0 Å². The minimum atomic E-state index is -4.69. The zero-order valence-corrected chi connectivity index (χ0v) is 16.8. The molecule has 0 spiro atoms. The topological polar surface area (TPSA) is 57.0 Å². The zero-order valence-electron chi connectivity index (χ0n) is 16.0. The van der Waals surface area contributed by atoms with Gasteiger partial charge >= 0.3 is 12.1 Å². The van der Waals surface area contributed by atoms with E-state index in [1.807, 2.05) is 13.0 Å². The summed E-state index contributed by atoms with van der Waals surface area (Å²) in [5, 5.41) is 7.02. The van der Waals surface area contributed by atoms with Crippen LogP contribution in [0.5, 0.6) is 0 Å². The predicted molar refractivity (Wildman–Crippen MR) is 103 cm³/mol. The maximum Gasteiger partial charge on any atom is 0.452 e. The Kier molecular flexibility index (Phi) is 7.91. The number of ether oxygens (including phenoxy) is 1. The average molecular weight is 415 g/mol. The van der Waals surface area contributed by atoms with Crippen LogP contribution in [0.3, 0.4) is 0 Å². The number of esters is 1. The van der Waals surface area contributed by atoms with Gasteiger partial charge in [-0.05, 0) is 51.2 Å². The minimum Gasteiger partial charge on any atom is -0.465 e. The second-order valence-corrected chi connectivity index (χ2v) is 7.40. The van der Waals surface area contributed by atoms with Crippen LogP contribution in [-0.4, -0.2) is 33.1 Å². The van der Waals surface area contributed by atoms with Crippen LogP contribution < -0.4 is 0 Å². The molecule has 0 saturated carbocycles. The second kappa shape index (κ2) is 9.95. The van der Waals surface area contributed by atoms with E-state index in [9.17, 15) is 18.0 Å². The monoisotopic (exact) mass is 415 g/mol. The van der Waals surface area contributed by atoms with Gasteiger partial charge in [0.1, 0.15) is 0 Å². The van der Waals surface area contributed by atoms with E-state index in [1.165, 1.54) is 0 Å². The fraction of sp³-hybridized carbons (Fsp3) is 0.526. The highest BCUT2D eigenvalue weighted by Gasteiger charge is 2.39. The first kappa shape index (κ1) is 22.3. The summed E-state index contributed by atoms with van der Waals surface area (Å²) in [4.78, 5) is 11.6. The first-order chi connectivity index (χ1) is 13.2. The standard InChI is InChI=1S/C19H24F3N3O2S/c1-4-27-16(26)12-28-18-24-23-17(19(20,21)22)25(18)15-11-10-13(2)8-6-5-7-9-14(15)3/h10-11H,3-9,12H2,1-2H3/b13-10-,15-11+. The lowest BCUT2D eigenvalue weighted by Gasteiger charge is -2.18. The van der Waals surface area contributed by atoms with E-state index >= 15 is 0 Å². The summed E-state index contributed by atoms with van der Waals surface area (Å²) in [5.74, 6) is -1.81. The van der Waals surface area contributed by atoms with Crippen LogP contribution in [0.4, 0.5) is 13.2 Å². The molecule has 1 aliphatic rings. The van der Waals surface area contributed by atoms with E-state index in [4.69, 9.17) is 4.74 Å². The van der Waals surface area contributed by atoms with Crippen molar-refractivity contribution in [1.29, 1.82) is 0 Å². The van der Waals surface area contributed by atoms with E-state index < -0.39 is 18.0 Å². The zero-order chi connectivity index (χ0) is 20.7. The van der Waals surface area contributed by atoms with Gasteiger partial charge in [-0.1, -0.05) is 36.4 Å². The predicted octanol–water partition coefficient (Wildman–Crippen LogP) is 5.26. The van der Waals surface area contributed by atoms with E-state index in [0.717, 1.165) is 47.6 Å². The van der Waals surface area contributed by atoms with E-state index in [-0.39, 0.29) is 17.5 Å². The van der Waals surface area contributed by atoms with Gasteiger partial charge in [0, 0.05) is 0 Å². The van der Waals surface area contributed by atoms with Gasteiger partial charge in [0.25, 0.3) is 0 Å². The Morgan fingerprint density at radius 2 is 1.96 bits per heavy atom. The molecule has 2 rings (SSSR count). The highest BCUT2D eigenvalue weighted by Crippen LogP contribution is 2.35. The van der Waals surface area contributed by atoms with Crippen molar-refractivity contribution in [2.75, 3.05) is 12.4 Å². The lowest BCUT2D eigenvalue weighted by Crippen LogP contribution is -2.16. The van der Waals surface area contributed by atoms with Gasteiger partial charge in [-0.2, -0.15) is 13.2 Å². The maximum absolute atomic E-state index is 13.6. The molecule has 0 amide bonds. The molecular formula is C19H24F3N3O2S.